The minimum absolute atomic E-state index is 0.0896. The van der Waals surface area contributed by atoms with Crippen LogP contribution in [0.3, 0.4) is 0 Å². The number of nitrogens with two attached hydrogens (primary N) is 1. The summed E-state index contributed by atoms with van der Waals surface area (Å²) in [5.41, 5.74) is 6.99. The van der Waals surface area contributed by atoms with Crippen molar-refractivity contribution in [2.75, 3.05) is 5.32 Å². The first kappa shape index (κ1) is 13.7. The van der Waals surface area contributed by atoms with Gasteiger partial charge in [-0.05, 0) is 18.8 Å². The zero-order chi connectivity index (χ0) is 13.1. The molecule has 0 saturated heterocycles. The van der Waals surface area contributed by atoms with Crippen LogP contribution in [0, 0.1) is 12.3 Å². The van der Waals surface area contributed by atoms with E-state index in [0.717, 1.165) is 12.1 Å². The molecule has 0 aromatic carbocycles. The second kappa shape index (κ2) is 5.31. The molecule has 1 amide bonds. The van der Waals surface area contributed by atoms with Crippen molar-refractivity contribution in [2.24, 2.45) is 11.1 Å². The number of H-pyrrole nitrogens is 1. The Hall–Kier alpha value is -1.36. The van der Waals surface area contributed by atoms with Gasteiger partial charge < -0.3 is 11.1 Å². The maximum Gasteiger partial charge on any atom is 0.227 e. The molecule has 0 spiro atoms. The minimum Gasteiger partial charge on any atom is -0.327 e. The van der Waals surface area contributed by atoms with E-state index in [9.17, 15) is 4.79 Å². The Morgan fingerprint density at radius 1 is 1.59 bits per heavy atom. The van der Waals surface area contributed by atoms with Gasteiger partial charge in [-0.2, -0.15) is 5.10 Å². The van der Waals surface area contributed by atoms with Crippen molar-refractivity contribution in [3.8, 4) is 0 Å². The van der Waals surface area contributed by atoms with E-state index in [2.05, 4.69) is 36.3 Å². The molecule has 0 aliphatic rings. The largest absolute Gasteiger partial charge is 0.327 e. The predicted molar refractivity (Wildman–Crippen MR) is 68.6 cm³/mol. The molecule has 1 aromatic rings. The first-order chi connectivity index (χ1) is 7.76. The molecule has 0 saturated carbocycles. The molecule has 5 nitrogen and oxygen atoms in total. The van der Waals surface area contributed by atoms with Gasteiger partial charge in [0, 0.05) is 24.2 Å². The zero-order valence-corrected chi connectivity index (χ0v) is 11.0. The van der Waals surface area contributed by atoms with Gasteiger partial charge in [-0.3, -0.25) is 9.89 Å². The average Bonchev–Trinajstić information content (AvgIpc) is 2.46. The second-order valence-electron chi connectivity index (χ2n) is 5.71. The Kier molecular flexibility index (Phi) is 4.28. The van der Waals surface area contributed by atoms with Crippen LogP contribution in [0.4, 0.5) is 5.82 Å². The van der Waals surface area contributed by atoms with Crippen LogP contribution in [0.25, 0.3) is 0 Å². The van der Waals surface area contributed by atoms with Gasteiger partial charge in [0.15, 0.2) is 5.82 Å². The van der Waals surface area contributed by atoms with Gasteiger partial charge in [0.1, 0.15) is 0 Å². The predicted octanol–water partition coefficient (Wildman–Crippen LogP) is 1.81. The van der Waals surface area contributed by atoms with Gasteiger partial charge in [-0.1, -0.05) is 20.8 Å². The third-order valence-corrected chi connectivity index (χ3v) is 2.30. The Morgan fingerprint density at radius 3 is 2.71 bits per heavy atom. The number of aromatic amines is 1. The molecule has 0 fully saturated rings. The lowest BCUT2D eigenvalue weighted by Gasteiger charge is -2.22. The standard InChI is InChI=1S/C12H22N4O/c1-8-5-10(16-15-8)14-11(17)6-9(13)7-12(2,3)4/h5,9H,6-7,13H2,1-4H3,(H2,14,15,16,17). The third-order valence-electron chi connectivity index (χ3n) is 2.30. The van der Waals surface area contributed by atoms with E-state index in [0.29, 0.717) is 12.2 Å². The van der Waals surface area contributed by atoms with Crippen LogP contribution < -0.4 is 11.1 Å². The molecule has 1 atom stereocenters. The minimum atomic E-state index is -0.116. The van der Waals surface area contributed by atoms with E-state index in [1.807, 2.05) is 6.92 Å². The van der Waals surface area contributed by atoms with E-state index >= 15 is 0 Å². The fraction of sp³-hybridized carbons (Fsp3) is 0.667. The highest BCUT2D eigenvalue weighted by molar-refractivity contribution is 5.90. The summed E-state index contributed by atoms with van der Waals surface area (Å²) in [5.74, 6) is 0.462. The highest BCUT2D eigenvalue weighted by Crippen LogP contribution is 2.21. The summed E-state index contributed by atoms with van der Waals surface area (Å²) >= 11 is 0. The van der Waals surface area contributed by atoms with E-state index in [1.54, 1.807) is 6.07 Å². The molecule has 1 unspecified atom stereocenters. The number of amides is 1. The summed E-state index contributed by atoms with van der Waals surface area (Å²) in [6, 6.07) is 1.67. The number of hydrogen-bond donors (Lipinski definition) is 3. The van der Waals surface area contributed by atoms with Crippen molar-refractivity contribution in [3.05, 3.63) is 11.8 Å². The molecule has 0 bridgehead atoms. The summed E-state index contributed by atoms with van der Waals surface area (Å²) in [6.45, 7) is 8.22. The summed E-state index contributed by atoms with van der Waals surface area (Å²) in [6.07, 6.45) is 1.14. The number of aromatic nitrogens is 2. The molecule has 5 heteroatoms. The molecule has 0 radical (unpaired) electrons. The molecular formula is C12H22N4O. The van der Waals surface area contributed by atoms with Crippen LogP contribution in [0.2, 0.25) is 0 Å². The topological polar surface area (TPSA) is 83.8 Å². The molecule has 4 N–H and O–H groups in total. The van der Waals surface area contributed by atoms with Crippen molar-refractivity contribution in [2.45, 2.75) is 46.6 Å². The van der Waals surface area contributed by atoms with Gasteiger partial charge in [0.25, 0.3) is 0 Å². The lowest BCUT2D eigenvalue weighted by molar-refractivity contribution is -0.116. The van der Waals surface area contributed by atoms with Gasteiger partial charge >= 0.3 is 0 Å². The summed E-state index contributed by atoms with van der Waals surface area (Å²) in [4.78, 5) is 11.7. The van der Waals surface area contributed by atoms with Crippen LogP contribution in [-0.4, -0.2) is 22.1 Å². The Bertz CT molecular complexity index is 378. The van der Waals surface area contributed by atoms with Crippen molar-refractivity contribution in [1.29, 1.82) is 0 Å². The van der Waals surface area contributed by atoms with Crippen LogP contribution >= 0.6 is 0 Å². The maximum absolute atomic E-state index is 11.7. The quantitative estimate of drug-likeness (QED) is 0.748. The van der Waals surface area contributed by atoms with Crippen LogP contribution in [0.5, 0.6) is 0 Å². The number of anilines is 1. The smallest absolute Gasteiger partial charge is 0.227 e. The van der Waals surface area contributed by atoms with Crippen LogP contribution in [-0.2, 0) is 4.79 Å². The number of carbonyl (C=O) groups excluding carboxylic acids is 1. The van der Waals surface area contributed by atoms with Crippen molar-refractivity contribution >= 4 is 11.7 Å². The average molecular weight is 238 g/mol. The molecule has 96 valence electrons. The molecule has 1 rings (SSSR count). The number of nitrogens with zero attached hydrogens (tertiary/aromatic N) is 1. The summed E-state index contributed by atoms with van der Waals surface area (Å²) < 4.78 is 0. The molecule has 1 aromatic heterocycles. The van der Waals surface area contributed by atoms with Gasteiger partial charge in [0.2, 0.25) is 5.91 Å². The van der Waals surface area contributed by atoms with Crippen LogP contribution in [0.15, 0.2) is 6.07 Å². The number of hydrogen-bond acceptors (Lipinski definition) is 3. The number of carbonyl (C=O) groups is 1. The lowest BCUT2D eigenvalue weighted by atomic mass is 9.87. The monoisotopic (exact) mass is 238 g/mol. The fourth-order valence-corrected chi connectivity index (χ4v) is 1.77. The Labute approximate surface area is 102 Å². The van der Waals surface area contributed by atoms with Gasteiger partial charge in [-0.25, -0.2) is 0 Å². The first-order valence-corrected chi connectivity index (χ1v) is 5.84. The number of aryl methyl sites for hydroxylation is 1. The SMILES string of the molecule is Cc1cc(NC(=O)CC(N)CC(C)(C)C)n[nH]1. The third kappa shape index (κ3) is 5.49. The van der Waals surface area contributed by atoms with E-state index in [4.69, 9.17) is 5.73 Å². The highest BCUT2D eigenvalue weighted by atomic mass is 16.1. The maximum atomic E-state index is 11.7. The van der Waals surface area contributed by atoms with Crippen molar-refractivity contribution in [3.63, 3.8) is 0 Å². The first-order valence-electron chi connectivity index (χ1n) is 5.84. The highest BCUT2D eigenvalue weighted by Gasteiger charge is 2.18. The molecule has 0 aliphatic carbocycles. The Balaban J connectivity index is 2.39. The second-order valence-corrected chi connectivity index (χ2v) is 5.71. The molecule has 1 heterocycles. The molecule has 0 aliphatic heterocycles. The van der Waals surface area contributed by atoms with Gasteiger partial charge in [0.05, 0.1) is 0 Å². The molecular weight excluding hydrogens is 216 g/mol. The zero-order valence-electron chi connectivity index (χ0n) is 11.0. The Morgan fingerprint density at radius 2 is 2.24 bits per heavy atom. The summed E-state index contributed by atoms with van der Waals surface area (Å²) in [7, 11) is 0. The fourth-order valence-electron chi connectivity index (χ4n) is 1.77. The van der Waals surface area contributed by atoms with Crippen LogP contribution in [0.1, 0.15) is 39.3 Å². The normalized spacial score (nSPS) is 13.5. The molecule has 17 heavy (non-hydrogen) atoms. The van der Waals surface area contributed by atoms with E-state index in [-0.39, 0.29) is 17.4 Å². The summed E-state index contributed by atoms with van der Waals surface area (Å²) in [5, 5.41) is 9.43. The number of nitrogens with one attached hydrogen (secondary N) is 2. The lowest BCUT2D eigenvalue weighted by Crippen LogP contribution is -2.31. The van der Waals surface area contributed by atoms with E-state index < -0.39 is 0 Å². The van der Waals surface area contributed by atoms with Gasteiger partial charge in [-0.15, -0.1) is 0 Å². The van der Waals surface area contributed by atoms with Crippen molar-refractivity contribution < 1.29 is 4.79 Å². The van der Waals surface area contributed by atoms with Crippen molar-refractivity contribution in [1.82, 2.24) is 10.2 Å². The van der Waals surface area contributed by atoms with E-state index in [1.165, 1.54) is 0 Å². The number of rotatable bonds is 4.